The van der Waals surface area contributed by atoms with Gasteiger partial charge in [-0.25, -0.2) is 9.59 Å². The Kier molecular flexibility index (Phi) is 20.3. The van der Waals surface area contributed by atoms with Crippen molar-refractivity contribution in [3.8, 4) is 11.5 Å². The largest absolute Gasteiger partial charge is 0.505 e. The molecule has 0 bridgehead atoms. The molecule has 1 aliphatic heterocycles. The van der Waals surface area contributed by atoms with E-state index in [1.165, 1.54) is 26.2 Å². The lowest BCUT2D eigenvalue weighted by Crippen LogP contribution is -2.59. The number of benzene rings is 1. The van der Waals surface area contributed by atoms with E-state index in [9.17, 15) is 45.3 Å². The molecule has 7 N–H and O–H groups in total. The van der Waals surface area contributed by atoms with Gasteiger partial charge in [-0.3, -0.25) is 0 Å². The van der Waals surface area contributed by atoms with Crippen LogP contribution in [0.1, 0.15) is 90.1 Å². The number of carboxylic acid groups (broad SMARTS) is 1. The fourth-order valence-electron chi connectivity index (χ4n) is 6.20. The molecule has 0 amide bonds. The van der Waals surface area contributed by atoms with Crippen LogP contribution < -0.4 is 0 Å². The molecule has 2 rings (SSSR count). The molecule has 314 valence electrons. The summed E-state index contributed by atoms with van der Waals surface area (Å²) in [5, 5.41) is 72.1. The van der Waals surface area contributed by atoms with Gasteiger partial charge in [0.05, 0.1) is 41.6 Å². The van der Waals surface area contributed by atoms with Crippen molar-refractivity contribution in [2.75, 3.05) is 13.7 Å². The van der Waals surface area contributed by atoms with Crippen LogP contribution in [0.3, 0.4) is 0 Å². The number of rotatable bonds is 20. The van der Waals surface area contributed by atoms with Crippen molar-refractivity contribution < 1.29 is 64.3 Å². The number of hydrogen-bond donors (Lipinski definition) is 7. The predicted octanol–water partition coefficient (Wildman–Crippen LogP) is 6.33. The third kappa shape index (κ3) is 13.4. The minimum Gasteiger partial charge on any atom is -0.505 e. The van der Waals surface area contributed by atoms with Gasteiger partial charge in [0.15, 0.2) is 23.9 Å². The predicted molar refractivity (Wildman–Crippen MR) is 213 cm³/mol. The van der Waals surface area contributed by atoms with Gasteiger partial charge in [0.2, 0.25) is 0 Å². The van der Waals surface area contributed by atoms with Gasteiger partial charge in [0, 0.05) is 13.0 Å². The van der Waals surface area contributed by atoms with E-state index in [1.54, 1.807) is 26.8 Å². The molecule has 15 heteroatoms. The van der Waals surface area contributed by atoms with E-state index in [0.717, 1.165) is 17.6 Å². The van der Waals surface area contributed by atoms with Crippen LogP contribution in [-0.4, -0.2) is 110 Å². The standard InChI is InChI=1S/C41H58Cl2O13/c1-9-26(33(46)23(5)18-21(3)14-13-15-24(6)44)19-22(4)29(45)17-12-11-16-27(39(50)51)20-54-41-38(53-8)36(49)37(25(7)55-41)56-40(52)30-28(10-2)31(42)35(48)32(43)34(30)47/h11-12,14,16,18-19,24-26,29,33,36-38,41,44-49H,9-10,13,15,17,20H2,1-8H3,(H,50,51)/b12-11+,21-14+,22-19+,23-18+,27-16+/t24-,25-,26+,29+,33+,36+,37-,38+,41-/m1/s1. The van der Waals surface area contributed by atoms with Crippen LogP contribution in [0.25, 0.3) is 0 Å². The van der Waals surface area contributed by atoms with Gasteiger partial charge < -0.3 is 54.7 Å². The fraction of sp³-hybridized carbons (Fsp3) is 0.561. The van der Waals surface area contributed by atoms with Gasteiger partial charge in [-0.2, -0.15) is 0 Å². The zero-order valence-corrected chi connectivity index (χ0v) is 34.8. The maximum Gasteiger partial charge on any atom is 0.342 e. The maximum atomic E-state index is 13.2. The van der Waals surface area contributed by atoms with E-state index in [0.29, 0.717) is 18.4 Å². The summed E-state index contributed by atoms with van der Waals surface area (Å²) in [5.41, 5.74) is 1.94. The molecule has 1 aliphatic rings. The van der Waals surface area contributed by atoms with E-state index < -0.39 is 78.0 Å². The van der Waals surface area contributed by atoms with Gasteiger partial charge in [-0.1, -0.05) is 73.0 Å². The van der Waals surface area contributed by atoms with E-state index in [4.69, 9.17) is 42.1 Å². The van der Waals surface area contributed by atoms with Crippen LogP contribution >= 0.6 is 23.2 Å². The number of aliphatic hydroxyl groups excluding tert-OH is 4. The number of hydrogen-bond acceptors (Lipinski definition) is 12. The molecule has 13 nitrogen and oxygen atoms in total. The van der Waals surface area contributed by atoms with Crippen molar-refractivity contribution in [2.24, 2.45) is 5.92 Å². The number of carbonyl (C=O) groups excluding carboxylic acids is 1. The van der Waals surface area contributed by atoms with E-state index in [-0.39, 0.29) is 46.6 Å². The van der Waals surface area contributed by atoms with Crippen molar-refractivity contribution in [3.63, 3.8) is 0 Å². The summed E-state index contributed by atoms with van der Waals surface area (Å²) >= 11 is 12.1. The minimum atomic E-state index is -1.52. The second kappa shape index (κ2) is 23.2. The van der Waals surface area contributed by atoms with E-state index in [1.807, 2.05) is 39.0 Å². The van der Waals surface area contributed by atoms with E-state index >= 15 is 0 Å². The lowest BCUT2D eigenvalue weighted by atomic mass is 9.90. The number of ether oxygens (including phenoxy) is 4. The number of aliphatic hydroxyl groups is 4. The molecular formula is C41H58Cl2O13. The average Bonchev–Trinajstić information content (AvgIpc) is 3.14. The van der Waals surface area contributed by atoms with Crippen molar-refractivity contribution in [1.82, 2.24) is 0 Å². The van der Waals surface area contributed by atoms with Gasteiger partial charge in [0.1, 0.15) is 22.8 Å². The first-order valence-electron chi connectivity index (χ1n) is 18.6. The number of phenols is 2. The first-order chi connectivity index (χ1) is 26.3. The highest BCUT2D eigenvalue weighted by molar-refractivity contribution is 6.39. The van der Waals surface area contributed by atoms with Gasteiger partial charge in [0.25, 0.3) is 0 Å². The molecule has 1 aromatic carbocycles. The van der Waals surface area contributed by atoms with Crippen LogP contribution in [0.15, 0.2) is 58.7 Å². The number of esters is 1. The van der Waals surface area contributed by atoms with Crippen LogP contribution in [0.2, 0.25) is 10.0 Å². The highest BCUT2D eigenvalue weighted by Gasteiger charge is 2.47. The SMILES string of the molecule is CCc1c(Cl)c(O)c(Cl)c(O)c1C(=O)O[C@H]1[C@H](O)[C@H](OC)[C@H](OC/C(=C\C=C\C[C@H](O)/C(C)=C/[C@H](CC)[C@@H](O)/C(C)=C/C(C)=C/CC[C@@H](C)O)C(=O)O)O[C@@H]1C. The number of halogens is 2. The molecular weight excluding hydrogens is 771 g/mol. The van der Waals surface area contributed by atoms with Crippen LogP contribution in [0.5, 0.6) is 11.5 Å². The Balaban J connectivity index is 2.09. The summed E-state index contributed by atoms with van der Waals surface area (Å²) in [5.74, 6) is -3.96. The third-order valence-electron chi connectivity index (χ3n) is 9.58. The summed E-state index contributed by atoms with van der Waals surface area (Å²) in [6.45, 7) is 11.9. The van der Waals surface area contributed by atoms with Gasteiger partial charge in [-0.15, -0.1) is 0 Å². The molecule has 1 aromatic rings. The molecule has 9 atom stereocenters. The molecule has 0 aromatic heterocycles. The van der Waals surface area contributed by atoms with Crippen molar-refractivity contribution >= 4 is 35.1 Å². The number of carbonyl (C=O) groups is 2. The summed E-state index contributed by atoms with van der Waals surface area (Å²) in [4.78, 5) is 25.3. The summed E-state index contributed by atoms with van der Waals surface area (Å²) in [6, 6.07) is 0. The van der Waals surface area contributed by atoms with Crippen molar-refractivity contribution in [3.05, 3.63) is 79.9 Å². The molecule has 0 aliphatic carbocycles. The Hall–Kier alpha value is -3.24. The Bertz CT molecular complexity index is 1650. The smallest absolute Gasteiger partial charge is 0.342 e. The molecule has 0 saturated carbocycles. The Morgan fingerprint density at radius 2 is 1.66 bits per heavy atom. The second-order valence-corrected chi connectivity index (χ2v) is 14.7. The molecule has 1 saturated heterocycles. The maximum absolute atomic E-state index is 13.2. The number of phenolic OH excluding ortho intramolecular Hbond substituents is 2. The van der Waals surface area contributed by atoms with Gasteiger partial charge in [-0.05, 0) is 89.5 Å². The Morgan fingerprint density at radius 1 is 1.00 bits per heavy atom. The van der Waals surface area contributed by atoms with E-state index in [2.05, 4.69) is 0 Å². The molecule has 56 heavy (non-hydrogen) atoms. The first-order valence-corrected chi connectivity index (χ1v) is 19.3. The van der Waals surface area contributed by atoms with Crippen LogP contribution in [0.4, 0.5) is 0 Å². The zero-order chi connectivity index (χ0) is 42.4. The summed E-state index contributed by atoms with van der Waals surface area (Å²) in [6.07, 6.45) is 4.06. The topological polar surface area (TPSA) is 213 Å². The Morgan fingerprint density at radius 3 is 2.23 bits per heavy atom. The number of allylic oxidation sites excluding steroid dienone is 5. The third-order valence-corrected chi connectivity index (χ3v) is 10.3. The number of aliphatic carboxylic acids is 1. The van der Waals surface area contributed by atoms with Crippen LogP contribution in [0, 0.1) is 5.92 Å². The quantitative estimate of drug-likeness (QED) is 0.0332. The minimum absolute atomic E-state index is 0.0757. The monoisotopic (exact) mass is 828 g/mol. The molecule has 1 fully saturated rings. The highest BCUT2D eigenvalue weighted by atomic mass is 35.5. The van der Waals surface area contributed by atoms with Crippen molar-refractivity contribution in [1.29, 1.82) is 0 Å². The first kappa shape index (κ1) is 48.9. The summed E-state index contributed by atoms with van der Waals surface area (Å²) < 4.78 is 22.5. The normalized spacial score (nSPS) is 23.6. The number of aromatic hydroxyl groups is 2. The second-order valence-electron chi connectivity index (χ2n) is 14.0. The molecule has 1 heterocycles. The van der Waals surface area contributed by atoms with Crippen LogP contribution in [-0.2, 0) is 30.2 Å². The Labute approximate surface area is 339 Å². The average molecular weight is 830 g/mol. The van der Waals surface area contributed by atoms with Crippen molar-refractivity contribution in [2.45, 2.75) is 130 Å². The number of methoxy groups -OCH3 is 1. The lowest BCUT2D eigenvalue weighted by Gasteiger charge is -2.42. The zero-order valence-electron chi connectivity index (χ0n) is 33.2. The molecule has 0 spiro atoms. The highest BCUT2D eigenvalue weighted by Crippen LogP contribution is 2.45. The summed E-state index contributed by atoms with van der Waals surface area (Å²) in [7, 11) is 1.25. The fourth-order valence-corrected chi connectivity index (χ4v) is 6.76. The molecule has 0 radical (unpaired) electrons. The lowest BCUT2D eigenvalue weighted by molar-refractivity contribution is -0.295. The van der Waals surface area contributed by atoms with Gasteiger partial charge >= 0.3 is 11.9 Å². The number of carboxylic acids is 1. The molecule has 0 unspecified atom stereocenters.